The minimum Gasteiger partial charge on any atom is -0.264 e. The van der Waals surface area contributed by atoms with Gasteiger partial charge in [-0.05, 0) is 48.0 Å². The molecule has 0 bridgehead atoms. The van der Waals surface area contributed by atoms with Gasteiger partial charge in [0.25, 0.3) is 5.95 Å². The van der Waals surface area contributed by atoms with Crippen LogP contribution in [0.4, 0.5) is 0 Å². The summed E-state index contributed by atoms with van der Waals surface area (Å²) in [5, 5.41) is 14.5. The van der Waals surface area contributed by atoms with Gasteiger partial charge >= 0.3 is 0 Å². The van der Waals surface area contributed by atoms with Crippen LogP contribution in [-0.2, 0) is 6.42 Å². The maximum Gasteiger partial charge on any atom is 0.254 e. The lowest BCUT2D eigenvalue weighted by Gasteiger charge is -2.09. The lowest BCUT2D eigenvalue weighted by molar-refractivity contribution is 0.738. The van der Waals surface area contributed by atoms with E-state index in [1.54, 1.807) is 6.20 Å². The van der Waals surface area contributed by atoms with Crippen molar-refractivity contribution in [2.75, 3.05) is 0 Å². The molecule has 6 rings (SSSR count). The smallest absolute Gasteiger partial charge is 0.254 e. The Hall–Kier alpha value is -4.47. The number of H-pyrrole nitrogens is 1. The van der Waals surface area contributed by atoms with E-state index in [2.05, 4.69) is 51.6 Å². The molecule has 0 amide bonds. The van der Waals surface area contributed by atoms with Crippen LogP contribution in [0.15, 0.2) is 54.7 Å². The molecule has 0 saturated carbocycles. The summed E-state index contributed by atoms with van der Waals surface area (Å²) in [5.74, 6) is 2.82. The zero-order chi connectivity index (χ0) is 23.1. The van der Waals surface area contributed by atoms with Gasteiger partial charge in [-0.1, -0.05) is 48.3 Å². The van der Waals surface area contributed by atoms with E-state index in [1.165, 1.54) is 5.56 Å². The van der Waals surface area contributed by atoms with Gasteiger partial charge in [0, 0.05) is 18.2 Å². The Morgan fingerprint density at radius 3 is 2.53 bits per heavy atom. The minimum atomic E-state index is 0.447. The van der Waals surface area contributed by atoms with E-state index in [9.17, 15) is 0 Å². The molecule has 0 saturated heterocycles. The fourth-order valence-corrected chi connectivity index (χ4v) is 4.12. The lowest BCUT2D eigenvalue weighted by Crippen LogP contribution is -2.06. The SMILES string of the molecule is CCCCc1nc2cccnc2n1-c1ccc2nc(-c3ccc(C)cc3)n(-c3nnn[nH]3)c2n1. The average molecular weight is 451 g/mol. The molecule has 1 N–H and O–H groups in total. The quantitative estimate of drug-likeness (QED) is 0.408. The number of hydrogen-bond donors (Lipinski definition) is 1. The Morgan fingerprint density at radius 1 is 0.882 bits per heavy atom. The maximum absolute atomic E-state index is 5.02. The van der Waals surface area contributed by atoms with Crippen molar-refractivity contribution >= 4 is 22.3 Å². The van der Waals surface area contributed by atoms with E-state index in [-0.39, 0.29) is 0 Å². The second kappa shape index (κ2) is 8.14. The molecule has 0 radical (unpaired) electrons. The number of tetrazole rings is 1. The maximum atomic E-state index is 5.02. The van der Waals surface area contributed by atoms with Crippen molar-refractivity contribution in [3.05, 3.63) is 66.1 Å². The number of imidazole rings is 2. The van der Waals surface area contributed by atoms with E-state index >= 15 is 0 Å². The van der Waals surface area contributed by atoms with E-state index < -0.39 is 0 Å². The summed E-state index contributed by atoms with van der Waals surface area (Å²) >= 11 is 0. The van der Waals surface area contributed by atoms with Gasteiger partial charge in [0.15, 0.2) is 11.3 Å². The Balaban J connectivity index is 1.60. The first-order valence-electron chi connectivity index (χ1n) is 11.3. The molecule has 168 valence electrons. The third-order valence-electron chi connectivity index (χ3n) is 5.81. The molecule has 34 heavy (non-hydrogen) atoms. The first-order valence-corrected chi connectivity index (χ1v) is 11.3. The Bertz CT molecular complexity index is 1590. The number of benzene rings is 1. The summed E-state index contributed by atoms with van der Waals surface area (Å²) in [7, 11) is 0. The molecule has 5 heterocycles. The van der Waals surface area contributed by atoms with E-state index in [0.29, 0.717) is 17.4 Å². The monoisotopic (exact) mass is 450 g/mol. The number of aromatic amines is 1. The molecule has 0 spiro atoms. The summed E-state index contributed by atoms with van der Waals surface area (Å²) in [4.78, 5) is 19.3. The fraction of sp³-hybridized carbons (Fsp3) is 0.208. The largest absolute Gasteiger partial charge is 0.264 e. The molecule has 10 nitrogen and oxygen atoms in total. The van der Waals surface area contributed by atoms with Gasteiger partial charge < -0.3 is 0 Å². The molecular formula is C24H22N10. The van der Waals surface area contributed by atoms with E-state index in [1.807, 2.05) is 45.5 Å². The molecular weight excluding hydrogens is 428 g/mol. The number of unbranched alkanes of at least 4 members (excludes halogenated alkanes) is 1. The Morgan fingerprint density at radius 2 is 1.74 bits per heavy atom. The number of nitrogens with zero attached hydrogens (tertiary/aromatic N) is 9. The van der Waals surface area contributed by atoms with Crippen molar-refractivity contribution in [2.45, 2.75) is 33.1 Å². The number of aryl methyl sites for hydroxylation is 2. The average Bonchev–Trinajstić information content (AvgIpc) is 3.59. The van der Waals surface area contributed by atoms with Crippen LogP contribution in [0.3, 0.4) is 0 Å². The second-order valence-electron chi connectivity index (χ2n) is 8.19. The topological polar surface area (TPSA) is 116 Å². The number of nitrogens with one attached hydrogen (secondary N) is 1. The summed E-state index contributed by atoms with van der Waals surface area (Å²) < 4.78 is 3.88. The second-order valence-corrected chi connectivity index (χ2v) is 8.19. The van der Waals surface area contributed by atoms with Crippen molar-refractivity contribution in [2.24, 2.45) is 0 Å². The van der Waals surface area contributed by atoms with Crippen LogP contribution in [0.1, 0.15) is 31.2 Å². The molecule has 6 aromatic rings. The predicted molar refractivity (Wildman–Crippen MR) is 128 cm³/mol. The highest BCUT2D eigenvalue weighted by Crippen LogP contribution is 2.28. The third kappa shape index (κ3) is 3.31. The molecule has 0 aliphatic heterocycles. The van der Waals surface area contributed by atoms with Crippen LogP contribution in [-0.4, -0.2) is 49.7 Å². The molecule has 5 aromatic heterocycles. The summed E-state index contributed by atoms with van der Waals surface area (Å²) in [6.07, 6.45) is 4.73. The van der Waals surface area contributed by atoms with Gasteiger partial charge in [-0.3, -0.25) is 4.57 Å². The third-order valence-corrected chi connectivity index (χ3v) is 5.81. The standard InChI is InChI=1S/C24H22N10/c1-3-4-7-19-26-17-6-5-14-25-22(17)33(19)20-13-12-18-23(28-20)34(24-29-31-32-30-24)21(27-18)16-10-8-15(2)9-11-16/h5-6,8-14H,3-4,7H2,1-2H3,(H,29,30,31,32). The molecule has 0 aliphatic carbocycles. The number of pyridine rings is 2. The van der Waals surface area contributed by atoms with Gasteiger partial charge in [-0.2, -0.15) is 0 Å². The summed E-state index contributed by atoms with van der Waals surface area (Å²) in [5.41, 5.74) is 5.14. The molecule has 1 aromatic carbocycles. The van der Waals surface area contributed by atoms with Crippen LogP contribution >= 0.6 is 0 Å². The Kier molecular flexibility index (Phi) is 4.83. The van der Waals surface area contributed by atoms with Crippen molar-refractivity contribution in [3.63, 3.8) is 0 Å². The molecule has 0 aliphatic rings. The normalized spacial score (nSPS) is 11.6. The highest BCUT2D eigenvalue weighted by molar-refractivity contribution is 5.81. The first kappa shape index (κ1) is 20.2. The number of hydrogen-bond acceptors (Lipinski definition) is 7. The van der Waals surface area contributed by atoms with Crippen molar-refractivity contribution in [3.8, 4) is 23.2 Å². The number of rotatable bonds is 6. The summed E-state index contributed by atoms with van der Waals surface area (Å²) in [6.45, 7) is 4.23. The number of aromatic nitrogens is 10. The lowest BCUT2D eigenvalue weighted by atomic mass is 10.1. The zero-order valence-electron chi connectivity index (χ0n) is 18.8. The highest BCUT2D eigenvalue weighted by Gasteiger charge is 2.20. The summed E-state index contributed by atoms with van der Waals surface area (Å²) in [6, 6.07) is 16.0. The first-order chi connectivity index (χ1) is 16.7. The van der Waals surface area contributed by atoms with E-state index in [4.69, 9.17) is 15.0 Å². The predicted octanol–water partition coefficient (Wildman–Crippen LogP) is 3.99. The van der Waals surface area contributed by atoms with Crippen LogP contribution in [0.2, 0.25) is 0 Å². The zero-order valence-corrected chi connectivity index (χ0v) is 18.8. The van der Waals surface area contributed by atoms with Crippen LogP contribution < -0.4 is 0 Å². The minimum absolute atomic E-state index is 0.447. The van der Waals surface area contributed by atoms with Gasteiger partial charge in [0.2, 0.25) is 0 Å². The van der Waals surface area contributed by atoms with Crippen molar-refractivity contribution in [1.29, 1.82) is 0 Å². The molecule has 0 unspecified atom stereocenters. The van der Waals surface area contributed by atoms with Gasteiger partial charge in [0.05, 0.1) is 0 Å². The highest BCUT2D eigenvalue weighted by atomic mass is 15.5. The molecule has 0 atom stereocenters. The van der Waals surface area contributed by atoms with Crippen LogP contribution in [0.25, 0.3) is 45.5 Å². The van der Waals surface area contributed by atoms with Crippen molar-refractivity contribution in [1.82, 2.24) is 49.7 Å². The van der Waals surface area contributed by atoms with Gasteiger partial charge in [-0.15, -0.1) is 0 Å². The number of fused-ring (bicyclic) bond motifs is 2. The van der Waals surface area contributed by atoms with Crippen LogP contribution in [0, 0.1) is 6.92 Å². The van der Waals surface area contributed by atoms with Crippen LogP contribution in [0.5, 0.6) is 0 Å². The van der Waals surface area contributed by atoms with Crippen molar-refractivity contribution < 1.29 is 0 Å². The van der Waals surface area contributed by atoms with E-state index in [0.717, 1.165) is 53.1 Å². The molecule has 0 fully saturated rings. The Labute approximate surface area is 194 Å². The van der Waals surface area contributed by atoms with Gasteiger partial charge in [-0.25, -0.2) is 29.6 Å². The van der Waals surface area contributed by atoms with Gasteiger partial charge in [0.1, 0.15) is 28.5 Å². The fourth-order valence-electron chi connectivity index (χ4n) is 4.12. The molecule has 10 heteroatoms.